The number of amides is 1. The topological polar surface area (TPSA) is 94.9 Å². The van der Waals surface area contributed by atoms with Crippen molar-refractivity contribution in [2.24, 2.45) is 0 Å². The molecule has 0 aliphatic carbocycles. The van der Waals surface area contributed by atoms with Gasteiger partial charge in [0, 0.05) is 20.4 Å². The van der Waals surface area contributed by atoms with Crippen LogP contribution >= 0.6 is 34.8 Å². The first kappa shape index (κ1) is 26.7. The largest absolute Gasteiger partial charge is 0.490 e. The molecule has 1 heterocycles. The van der Waals surface area contributed by atoms with Crippen LogP contribution in [0.3, 0.4) is 0 Å². The maximum Gasteiger partial charge on any atom is 0.257 e. The molecule has 3 aromatic carbocycles. The molecule has 0 bridgehead atoms. The number of rotatable bonds is 9. The van der Waals surface area contributed by atoms with Crippen molar-refractivity contribution in [2.75, 3.05) is 25.1 Å². The summed E-state index contributed by atoms with van der Waals surface area (Å²) in [7, 11) is 0. The number of oxazole rings is 1. The normalized spacial score (nSPS) is 10.7. The summed E-state index contributed by atoms with van der Waals surface area (Å²) in [5.41, 5.74) is 3.20. The molecule has 0 spiro atoms. The van der Waals surface area contributed by atoms with Crippen LogP contribution in [-0.2, 0) is 0 Å². The van der Waals surface area contributed by atoms with Gasteiger partial charge in [0.2, 0.25) is 11.6 Å². The smallest absolute Gasteiger partial charge is 0.257 e. The minimum absolute atomic E-state index is 0.135. The van der Waals surface area contributed by atoms with Gasteiger partial charge in [0.25, 0.3) is 5.91 Å². The number of ether oxygens (including phenoxy) is 3. The van der Waals surface area contributed by atoms with E-state index >= 15 is 0 Å². The van der Waals surface area contributed by atoms with Gasteiger partial charge in [-0.3, -0.25) is 10.1 Å². The summed E-state index contributed by atoms with van der Waals surface area (Å²) in [6.07, 6.45) is 0. The van der Waals surface area contributed by atoms with Crippen molar-refractivity contribution < 1.29 is 23.4 Å². The number of benzene rings is 3. The SMILES string of the molecule is CCOc1cc(C(=O)NC(=S)Nc2ccc3oc(-c4ccc(I)cc4)nc3c2)cc(OCC)c1OCC. The number of carbonyl (C=O) groups is 1. The fourth-order valence-corrected chi connectivity index (χ4v) is 4.15. The lowest BCUT2D eigenvalue weighted by Gasteiger charge is -2.17. The second kappa shape index (κ2) is 12.2. The van der Waals surface area contributed by atoms with Crippen molar-refractivity contribution in [2.45, 2.75) is 20.8 Å². The van der Waals surface area contributed by atoms with E-state index in [1.54, 1.807) is 24.3 Å². The Morgan fingerprint density at radius 3 is 2.22 bits per heavy atom. The third-order valence-corrected chi connectivity index (χ3v) is 6.06. The zero-order valence-electron chi connectivity index (χ0n) is 20.6. The lowest BCUT2D eigenvalue weighted by Crippen LogP contribution is -2.34. The molecule has 0 atom stereocenters. The molecule has 4 rings (SSSR count). The highest BCUT2D eigenvalue weighted by Gasteiger charge is 2.19. The number of carbonyl (C=O) groups excluding carboxylic acids is 1. The number of aromatic nitrogens is 1. The third kappa shape index (κ3) is 6.50. The second-order valence-corrected chi connectivity index (χ2v) is 9.37. The molecule has 10 heteroatoms. The van der Waals surface area contributed by atoms with Crippen molar-refractivity contribution in [3.63, 3.8) is 0 Å². The van der Waals surface area contributed by atoms with Gasteiger partial charge >= 0.3 is 0 Å². The summed E-state index contributed by atoms with van der Waals surface area (Å²) in [4.78, 5) is 17.6. The van der Waals surface area contributed by atoms with E-state index in [9.17, 15) is 4.79 Å². The standard InChI is InChI=1S/C27H26IN3O5S/c1-4-33-22-13-17(14-23(34-5-2)24(22)35-6-3)25(32)31-27(37)29-19-11-12-21-20(15-19)30-26(36-21)16-7-9-18(28)10-8-16/h7-15H,4-6H2,1-3H3,(H2,29,31,32,37). The number of hydrogen-bond acceptors (Lipinski definition) is 7. The predicted molar refractivity (Wildman–Crippen MR) is 156 cm³/mol. The lowest BCUT2D eigenvalue weighted by atomic mass is 10.1. The minimum atomic E-state index is -0.411. The maximum absolute atomic E-state index is 13.0. The van der Waals surface area contributed by atoms with Crippen molar-refractivity contribution in [3.8, 4) is 28.7 Å². The van der Waals surface area contributed by atoms with Crippen LogP contribution in [-0.4, -0.2) is 35.8 Å². The molecule has 0 aliphatic rings. The van der Waals surface area contributed by atoms with E-state index in [4.69, 9.17) is 30.8 Å². The highest BCUT2D eigenvalue weighted by atomic mass is 127. The molecule has 2 N–H and O–H groups in total. The van der Waals surface area contributed by atoms with Crippen LogP contribution in [0.1, 0.15) is 31.1 Å². The summed E-state index contributed by atoms with van der Waals surface area (Å²) in [6.45, 7) is 6.84. The molecular formula is C27H26IN3O5S. The Labute approximate surface area is 233 Å². The highest BCUT2D eigenvalue weighted by Crippen LogP contribution is 2.39. The number of hydrogen-bond donors (Lipinski definition) is 2. The van der Waals surface area contributed by atoms with Crippen LogP contribution in [0.2, 0.25) is 0 Å². The molecule has 1 amide bonds. The Hall–Kier alpha value is -3.38. The summed E-state index contributed by atoms with van der Waals surface area (Å²) < 4.78 is 24.1. The molecule has 0 radical (unpaired) electrons. The van der Waals surface area contributed by atoms with Crippen LogP contribution in [0.4, 0.5) is 5.69 Å². The van der Waals surface area contributed by atoms with Crippen molar-refractivity contribution in [1.29, 1.82) is 0 Å². The van der Waals surface area contributed by atoms with Gasteiger partial charge in [0.15, 0.2) is 22.2 Å². The Balaban J connectivity index is 1.49. The molecular weight excluding hydrogens is 605 g/mol. The van der Waals surface area contributed by atoms with Crippen LogP contribution in [0, 0.1) is 3.57 Å². The van der Waals surface area contributed by atoms with Gasteiger partial charge < -0.3 is 23.9 Å². The molecule has 37 heavy (non-hydrogen) atoms. The van der Waals surface area contributed by atoms with E-state index in [1.807, 2.05) is 51.1 Å². The van der Waals surface area contributed by atoms with E-state index in [2.05, 4.69) is 38.2 Å². The summed E-state index contributed by atoms with van der Waals surface area (Å²) in [6, 6.07) is 16.6. The van der Waals surface area contributed by atoms with Gasteiger partial charge in [-0.1, -0.05) is 0 Å². The third-order valence-electron chi connectivity index (χ3n) is 5.13. The Morgan fingerprint density at radius 2 is 1.59 bits per heavy atom. The second-order valence-electron chi connectivity index (χ2n) is 7.72. The van der Waals surface area contributed by atoms with E-state index in [-0.39, 0.29) is 5.11 Å². The van der Waals surface area contributed by atoms with Gasteiger partial charge in [-0.2, -0.15) is 0 Å². The number of nitrogens with zero attached hydrogens (tertiary/aromatic N) is 1. The first-order chi connectivity index (χ1) is 17.9. The highest BCUT2D eigenvalue weighted by molar-refractivity contribution is 14.1. The fraction of sp³-hybridized carbons (Fsp3) is 0.222. The predicted octanol–water partition coefficient (Wildman–Crippen LogP) is 6.42. The van der Waals surface area contributed by atoms with Crippen molar-refractivity contribution >= 4 is 62.6 Å². The Morgan fingerprint density at radius 1 is 0.946 bits per heavy atom. The van der Waals surface area contributed by atoms with Crippen molar-refractivity contribution in [3.05, 3.63) is 63.7 Å². The first-order valence-electron chi connectivity index (χ1n) is 11.8. The summed E-state index contributed by atoms with van der Waals surface area (Å²) in [5.74, 6) is 1.45. The zero-order chi connectivity index (χ0) is 26.4. The summed E-state index contributed by atoms with van der Waals surface area (Å²) in [5, 5.41) is 5.87. The molecule has 192 valence electrons. The van der Waals surface area contributed by atoms with Gasteiger partial charge in [0.1, 0.15) is 5.52 Å². The average Bonchev–Trinajstić information content (AvgIpc) is 3.30. The minimum Gasteiger partial charge on any atom is -0.490 e. The number of thiocarbonyl (C=S) groups is 1. The number of anilines is 1. The average molecular weight is 631 g/mol. The lowest BCUT2D eigenvalue weighted by molar-refractivity contribution is 0.0976. The molecule has 0 fully saturated rings. The van der Waals surface area contributed by atoms with E-state index in [1.165, 1.54) is 0 Å². The fourth-order valence-electron chi connectivity index (χ4n) is 3.58. The van der Waals surface area contributed by atoms with Crippen LogP contribution in [0.25, 0.3) is 22.6 Å². The van der Waals surface area contributed by atoms with E-state index in [0.29, 0.717) is 65.3 Å². The maximum atomic E-state index is 13.0. The quantitative estimate of drug-likeness (QED) is 0.162. The first-order valence-corrected chi connectivity index (χ1v) is 13.3. The van der Waals surface area contributed by atoms with Crippen LogP contribution in [0.5, 0.6) is 17.2 Å². The molecule has 4 aromatic rings. The monoisotopic (exact) mass is 631 g/mol. The molecule has 8 nitrogen and oxygen atoms in total. The van der Waals surface area contributed by atoms with Gasteiger partial charge in [0.05, 0.1) is 19.8 Å². The number of fused-ring (bicyclic) bond motifs is 1. The van der Waals surface area contributed by atoms with Gasteiger partial charge in [-0.25, -0.2) is 4.98 Å². The Bertz CT molecular complexity index is 1390. The van der Waals surface area contributed by atoms with Gasteiger partial charge in [-0.15, -0.1) is 0 Å². The Kier molecular flexibility index (Phi) is 8.82. The number of nitrogens with one attached hydrogen (secondary N) is 2. The zero-order valence-corrected chi connectivity index (χ0v) is 23.6. The molecule has 1 aromatic heterocycles. The molecule has 0 unspecified atom stereocenters. The molecule has 0 saturated heterocycles. The van der Waals surface area contributed by atoms with Crippen LogP contribution in [0.15, 0.2) is 59.0 Å². The molecule has 0 aliphatic heterocycles. The van der Waals surface area contributed by atoms with Gasteiger partial charge in [-0.05, 0) is 110 Å². The molecule has 0 saturated carbocycles. The van der Waals surface area contributed by atoms with E-state index in [0.717, 1.165) is 9.13 Å². The van der Waals surface area contributed by atoms with Crippen molar-refractivity contribution in [1.82, 2.24) is 10.3 Å². The van der Waals surface area contributed by atoms with E-state index < -0.39 is 5.91 Å². The summed E-state index contributed by atoms with van der Waals surface area (Å²) >= 11 is 7.64. The van der Waals surface area contributed by atoms with Crippen LogP contribution < -0.4 is 24.8 Å². The number of halogens is 1.